The molecule has 0 aliphatic heterocycles. The summed E-state index contributed by atoms with van der Waals surface area (Å²) in [4.78, 5) is 13.0. The number of carboxylic acid groups (broad SMARTS) is 1. The summed E-state index contributed by atoms with van der Waals surface area (Å²) in [5.41, 5.74) is 8.66. The van der Waals surface area contributed by atoms with Crippen molar-refractivity contribution >= 4 is 34.3 Å². The summed E-state index contributed by atoms with van der Waals surface area (Å²) in [5, 5.41) is 22.1. The van der Waals surface area contributed by atoms with Crippen molar-refractivity contribution in [2.45, 2.75) is 6.42 Å². The van der Waals surface area contributed by atoms with Crippen molar-refractivity contribution < 1.29 is 9.90 Å². The second-order valence-corrected chi connectivity index (χ2v) is 3.56. The monoisotopic (exact) mass is 323 g/mol. The Balaban J connectivity index is 4.76. The maximum atomic E-state index is 10.4. The molecule has 8 heteroatoms. The Morgan fingerprint density at radius 2 is 2.33 bits per heavy atom. The van der Waals surface area contributed by atoms with E-state index in [1.54, 1.807) is 7.05 Å². The van der Waals surface area contributed by atoms with E-state index in [-0.39, 0.29) is 18.7 Å². The fourth-order valence-corrected chi connectivity index (χ4v) is 1.40. The van der Waals surface area contributed by atoms with Gasteiger partial charge in [-0.05, 0) is 28.1 Å². The van der Waals surface area contributed by atoms with Gasteiger partial charge in [-0.1, -0.05) is 5.11 Å². The standard InChI is InChI=1S/C7H10IN5O2/c1-11-5(3-12-13-10)7(8)4(9)2-6(14)15/h9,11H,2-3H2,1H3,(H,14,15)/b7-5+,9-4?. The first-order valence-corrected chi connectivity index (χ1v) is 4.97. The molecule has 0 aromatic heterocycles. The molecule has 0 spiro atoms. The van der Waals surface area contributed by atoms with E-state index >= 15 is 0 Å². The zero-order chi connectivity index (χ0) is 11.8. The number of azide groups is 1. The molecule has 7 nitrogen and oxygen atoms in total. The molecule has 0 aliphatic carbocycles. The van der Waals surface area contributed by atoms with E-state index in [2.05, 4.69) is 15.3 Å². The molecule has 3 N–H and O–H groups in total. The Morgan fingerprint density at radius 3 is 2.73 bits per heavy atom. The van der Waals surface area contributed by atoms with Crippen molar-refractivity contribution in [1.29, 1.82) is 5.41 Å². The van der Waals surface area contributed by atoms with E-state index < -0.39 is 5.97 Å². The molecule has 0 unspecified atom stereocenters. The normalized spacial score (nSPS) is 11.1. The number of nitrogens with zero attached hydrogens (tertiary/aromatic N) is 3. The Bertz CT molecular complexity index is 345. The van der Waals surface area contributed by atoms with Crippen molar-refractivity contribution in [3.05, 3.63) is 19.7 Å². The van der Waals surface area contributed by atoms with Gasteiger partial charge in [-0.3, -0.25) is 4.79 Å². The predicted octanol–water partition coefficient (Wildman–Crippen LogP) is 1.66. The zero-order valence-corrected chi connectivity index (χ0v) is 10.1. The van der Waals surface area contributed by atoms with Crippen LogP contribution in [0, 0.1) is 5.41 Å². The van der Waals surface area contributed by atoms with E-state index in [0.717, 1.165) is 0 Å². The number of carbonyl (C=O) groups is 1. The number of rotatable bonds is 6. The Kier molecular flexibility index (Phi) is 6.47. The summed E-state index contributed by atoms with van der Waals surface area (Å²) >= 11 is 1.85. The highest BCUT2D eigenvalue weighted by molar-refractivity contribution is 14.1. The fourth-order valence-electron chi connectivity index (χ4n) is 0.772. The second-order valence-electron chi connectivity index (χ2n) is 2.48. The molecule has 0 aromatic carbocycles. The van der Waals surface area contributed by atoms with Gasteiger partial charge in [-0.15, -0.1) is 0 Å². The summed E-state index contributed by atoms with van der Waals surface area (Å²) in [6.07, 6.45) is -0.347. The third-order valence-corrected chi connectivity index (χ3v) is 2.75. The van der Waals surface area contributed by atoms with Crippen molar-refractivity contribution in [2.75, 3.05) is 13.6 Å². The largest absolute Gasteiger partial charge is 0.481 e. The minimum absolute atomic E-state index is 0.0133. The average Bonchev–Trinajstić information content (AvgIpc) is 2.17. The third-order valence-electron chi connectivity index (χ3n) is 1.45. The predicted molar refractivity (Wildman–Crippen MR) is 64.1 cm³/mol. The highest BCUT2D eigenvalue weighted by Crippen LogP contribution is 2.14. The van der Waals surface area contributed by atoms with Crippen LogP contribution >= 0.6 is 22.6 Å². The van der Waals surface area contributed by atoms with Crippen molar-refractivity contribution in [2.24, 2.45) is 5.11 Å². The Labute approximate surface area is 99.8 Å². The summed E-state index contributed by atoms with van der Waals surface area (Å²) in [6.45, 7) is 0.0767. The molecule has 15 heavy (non-hydrogen) atoms. The van der Waals surface area contributed by atoms with Gasteiger partial charge in [0.1, 0.15) is 0 Å². The summed E-state index contributed by atoms with van der Waals surface area (Å²) in [6, 6.07) is 0. The minimum atomic E-state index is -1.06. The van der Waals surface area contributed by atoms with Gasteiger partial charge < -0.3 is 15.8 Å². The molecule has 0 saturated heterocycles. The van der Waals surface area contributed by atoms with Crippen LogP contribution < -0.4 is 5.32 Å². The van der Waals surface area contributed by atoms with Crippen molar-refractivity contribution in [3.8, 4) is 0 Å². The maximum Gasteiger partial charge on any atom is 0.309 e. The van der Waals surface area contributed by atoms with E-state index in [4.69, 9.17) is 16.0 Å². The van der Waals surface area contributed by atoms with Gasteiger partial charge in [-0.25, -0.2) is 0 Å². The number of halogens is 1. The van der Waals surface area contributed by atoms with E-state index in [0.29, 0.717) is 9.28 Å². The second kappa shape index (κ2) is 7.07. The molecular weight excluding hydrogens is 313 g/mol. The zero-order valence-electron chi connectivity index (χ0n) is 7.99. The molecule has 0 atom stereocenters. The summed E-state index contributed by atoms with van der Waals surface area (Å²) in [5.74, 6) is -1.06. The van der Waals surface area contributed by atoms with Crippen LogP contribution in [-0.2, 0) is 4.79 Å². The topological polar surface area (TPSA) is 122 Å². The lowest BCUT2D eigenvalue weighted by Crippen LogP contribution is -2.15. The lowest BCUT2D eigenvalue weighted by atomic mass is 10.2. The van der Waals surface area contributed by atoms with Crippen LogP contribution in [-0.4, -0.2) is 30.4 Å². The number of carboxylic acids is 1. The molecule has 0 fully saturated rings. The number of hydrogen-bond donors (Lipinski definition) is 3. The van der Waals surface area contributed by atoms with Crippen LogP contribution in [0.25, 0.3) is 10.4 Å². The van der Waals surface area contributed by atoms with E-state index in [1.807, 2.05) is 22.6 Å². The third kappa shape index (κ3) is 5.23. The number of nitrogens with one attached hydrogen (secondary N) is 2. The van der Waals surface area contributed by atoms with Gasteiger partial charge in [-0.2, -0.15) is 0 Å². The Hall–Kier alpha value is -1.28. The first kappa shape index (κ1) is 13.7. The van der Waals surface area contributed by atoms with Crippen LogP contribution in [0.4, 0.5) is 0 Å². The lowest BCUT2D eigenvalue weighted by Gasteiger charge is -2.07. The summed E-state index contributed by atoms with van der Waals surface area (Å²) in [7, 11) is 1.62. The van der Waals surface area contributed by atoms with Crippen LogP contribution in [0.15, 0.2) is 14.4 Å². The van der Waals surface area contributed by atoms with Gasteiger partial charge in [0.05, 0.1) is 22.3 Å². The quantitative estimate of drug-likeness (QED) is 0.226. The molecule has 0 aromatic rings. The van der Waals surface area contributed by atoms with Crippen LogP contribution in [0.5, 0.6) is 0 Å². The van der Waals surface area contributed by atoms with Gasteiger partial charge in [0.2, 0.25) is 0 Å². The van der Waals surface area contributed by atoms with Gasteiger partial charge >= 0.3 is 5.97 Å². The molecule has 0 aliphatic rings. The molecule has 0 rings (SSSR count). The van der Waals surface area contributed by atoms with Crippen molar-refractivity contribution in [1.82, 2.24) is 5.32 Å². The van der Waals surface area contributed by atoms with Crippen molar-refractivity contribution in [3.63, 3.8) is 0 Å². The first-order chi connectivity index (χ1) is 7.02. The lowest BCUT2D eigenvalue weighted by molar-refractivity contribution is -0.135. The molecule has 0 bridgehead atoms. The van der Waals surface area contributed by atoms with Crippen LogP contribution in [0.3, 0.4) is 0 Å². The number of likely N-dealkylation sites (N-methyl/N-ethyl adjacent to an activating group) is 1. The molecule has 0 saturated carbocycles. The fraction of sp³-hybridized carbons (Fsp3) is 0.429. The molecule has 0 heterocycles. The number of allylic oxidation sites excluding steroid dienone is 1. The van der Waals surface area contributed by atoms with Gasteiger partial charge in [0, 0.05) is 17.7 Å². The molecular formula is C7H10IN5O2. The van der Waals surface area contributed by atoms with Gasteiger partial charge in [0.15, 0.2) is 0 Å². The number of aliphatic carboxylic acids is 1. The Morgan fingerprint density at radius 1 is 1.73 bits per heavy atom. The highest BCUT2D eigenvalue weighted by Gasteiger charge is 2.11. The SMILES string of the molecule is CN/C(CN=[N+]=[N-])=C(/I)C(=N)CC(=O)O. The van der Waals surface area contributed by atoms with Crippen LogP contribution in [0.1, 0.15) is 6.42 Å². The molecule has 0 amide bonds. The van der Waals surface area contributed by atoms with Gasteiger partial charge in [0.25, 0.3) is 0 Å². The average molecular weight is 323 g/mol. The van der Waals surface area contributed by atoms with E-state index in [1.165, 1.54) is 0 Å². The maximum absolute atomic E-state index is 10.4. The van der Waals surface area contributed by atoms with E-state index in [9.17, 15) is 4.79 Å². The highest BCUT2D eigenvalue weighted by atomic mass is 127. The molecule has 0 radical (unpaired) electrons. The smallest absolute Gasteiger partial charge is 0.309 e. The first-order valence-electron chi connectivity index (χ1n) is 3.89. The van der Waals surface area contributed by atoms with Crippen LogP contribution in [0.2, 0.25) is 0 Å². The summed E-state index contributed by atoms with van der Waals surface area (Å²) < 4.78 is 0.463. The number of hydrogen-bond acceptors (Lipinski definition) is 4. The molecule has 82 valence electrons. The minimum Gasteiger partial charge on any atom is -0.481 e.